The van der Waals surface area contributed by atoms with Gasteiger partial charge in [-0.2, -0.15) is 0 Å². The van der Waals surface area contributed by atoms with Crippen LogP contribution in [0.5, 0.6) is 0 Å². The third-order valence-corrected chi connectivity index (χ3v) is 11.2. The van der Waals surface area contributed by atoms with Crippen LogP contribution in [0.15, 0.2) is 55.6 Å². The highest BCUT2D eigenvalue weighted by molar-refractivity contribution is 9.09. The van der Waals surface area contributed by atoms with Crippen LogP contribution in [0.1, 0.15) is 44.2 Å². The molecule has 3 aliphatic rings. The van der Waals surface area contributed by atoms with E-state index in [0.29, 0.717) is 25.9 Å². The molecule has 0 aromatic heterocycles. The average molecular weight is 606 g/mol. The molecule has 1 aromatic carbocycles. The number of halogens is 1. The fourth-order valence-corrected chi connectivity index (χ4v) is 9.87. The van der Waals surface area contributed by atoms with Crippen molar-refractivity contribution in [2.75, 3.05) is 26.3 Å². The van der Waals surface area contributed by atoms with Crippen molar-refractivity contribution in [3.63, 3.8) is 0 Å². The van der Waals surface area contributed by atoms with Crippen molar-refractivity contribution >= 4 is 45.5 Å². The summed E-state index contributed by atoms with van der Waals surface area (Å²) in [6.07, 6.45) is 6.24. The number of aliphatic hydroxyl groups excluding tert-OH is 1. The summed E-state index contributed by atoms with van der Waals surface area (Å²) in [5.74, 6) is -2.20. The molecule has 4 rings (SSSR count). The molecule has 3 saturated heterocycles. The lowest BCUT2D eigenvalue weighted by Gasteiger charge is -2.40. The van der Waals surface area contributed by atoms with Crippen molar-refractivity contribution < 1.29 is 24.2 Å². The molecule has 0 radical (unpaired) electrons. The lowest BCUT2D eigenvalue weighted by molar-refractivity contribution is -0.154. The molecule has 3 unspecified atom stereocenters. The van der Waals surface area contributed by atoms with E-state index in [9.17, 15) is 19.5 Å². The molecule has 1 N–H and O–H groups in total. The number of esters is 1. The van der Waals surface area contributed by atoms with Crippen molar-refractivity contribution in [2.45, 2.75) is 59.5 Å². The maximum Gasteiger partial charge on any atom is 0.310 e. The van der Waals surface area contributed by atoms with E-state index < -0.39 is 34.6 Å². The van der Waals surface area contributed by atoms with E-state index in [1.165, 1.54) is 0 Å². The zero-order valence-electron chi connectivity index (χ0n) is 21.8. The third-order valence-electron chi connectivity index (χ3n) is 7.94. The van der Waals surface area contributed by atoms with Crippen LogP contribution in [0, 0.1) is 11.8 Å². The quantitative estimate of drug-likeness (QED) is 0.158. The topological polar surface area (TPSA) is 87.1 Å². The zero-order chi connectivity index (χ0) is 27.4. The molecular formula is C29H37BrN2O5S. The Morgan fingerprint density at radius 3 is 2.68 bits per heavy atom. The van der Waals surface area contributed by atoms with Crippen molar-refractivity contribution in [3.05, 3.63) is 61.2 Å². The summed E-state index contributed by atoms with van der Waals surface area (Å²) in [6, 6.07) is 7.77. The van der Waals surface area contributed by atoms with Crippen LogP contribution >= 0.6 is 27.7 Å². The van der Waals surface area contributed by atoms with Gasteiger partial charge in [0.1, 0.15) is 6.04 Å². The smallest absolute Gasteiger partial charge is 0.310 e. The average Bonchev–Trinajstić information content (AvgIpc) is 3.51. The Morgan fingerprint density at radius 2 is 2.05 bits per heavy atom. The van der Waals surface area contributed by atoms with E-state index in [-0.39, 0.29) is 35.1 Å². The summed E-state index contributed by atoms with van der Waals surface area (Å²) in [5, 5.41) is 10.4. The number of likely N-dealkylation sites (tertiary alicyclic amines) is 1. The van der Waals surface area contributed by atoms with Gasteiger partial charge in [0.2, 0.25) is 11.8 Å². The lowest BCUT2D eigenvalue weighted by atomic mass is 9.71. The second-order valence-corrected chi connectivity index (χ2v) is 12.9. The van der Waals surface area contributed by atoms with E-state index >= 15 is 0 Å². The maximum atomic E-state index is 14.4. The molecule has 206 valence electrons. The Labute approximate surface area is 237 Å². The number of rotatable bonds is 13. The third kappa shape index (κ3) is 4.97. The number of alkyl halides is 1. The number of hydrogen-bond acceptors (Lipinski definition) is 6. The number of unbranched alkanes of at least 4 members (excludes halogenated alkanes) is 1. The van der Waals surface area contributed by atoms with Gasteiger partial charge in [-0.15, -0.1) is 24.9 Å². The predicted octanol–water partition coefficient (Wildman–Crippen LogP) is 4.12. The summed E-state index contributed by atoms with van der Waals surface area (Å²) < 4.78 is 4.79. The van der Waals surface area contributed by atoms with Gasteiger partial charge in [-0.05, 0) is 24.8 Å². The number of carbonyl (C=O) groups excluding carboxylic acids is 3. The summed E-state index contributed by atoms with van der Waals surface area (Å²) >= 11 is 5.35. The summed E-state index contributed by atoms with van der Waals surface area (Å²) in [6.45, 7) is 10.4. The van der Waals surface area contributed by atoms with E-state index in [4.69, 9.17) is 4.74 Å². The second kappa shape index (κ2) is 12.4. The van der Waals surface area contributed by atoms with Crippen LogP contribution in [0.3, 0.4) is 0 Å². The van der Waals surface area contributed by atoms with Gasteiger partial charge < -0.3 is 19.6 Å². The first-order valence-electron chi connectivity index (χ1n) is 13.3. The van der Waals surface area contributed by atoms with Crippen LogP contribution in [0.25, 0.3) is 0 Å². The molecule has 2 amide bonds. The molecule has 0 saturated carbocycles. The number of benzene rings is 1. The van der Waals surface area contributed by atoms with Gasteiger partial charge in [0, 0.05) is 23.2 Å². The van der Waals surface area contributed by atoms with Gasteiger partial charge in [-0.1, -0.05) is 71.8 Å². The minimum atomic E-state index is -0.824. The van der Waals surface area contributed by atoms with Gasteiger partial charge in [0.15, 0.2) is 0 Å². The van der Waals surface area contributed by atoms with Crippen molar-refractivity contribution in [1.82, 2.24) is 9.80 Å². The highest BCUT2D eigenvalue weighted by atomic mass is 79.9. The molecule has 2 bridgehead atoms. The fourth-order valence-electron chi connectivity index (χ4n) is 6.29. The minimum Gasteiger partial charge on any atom is -0.465 e. The number of amides is 2. The molecule has 7 nitrogen and oxygen atoms in total. The first-order valence-corrected chi connectivity index (χ1v) is 15.1. The van der Waals surface area contributed by atoms with Gasteiger partial charge in [-0.25, -0.2) is 0 Å². The van der Waals surface area contributed by atoms with Gasteiger partial charge in [-0.3, -0.25) is 14.4 Å². The number of carbonyl (C=O) groups is 3. The molecule has 9 heteroatoms. The second-order valence-electron chi connectivity index (χ2n) is 10.2. The Morgan fingerprint density at radius 1 is 1.32 bits per heavy atom. The van der Waals surface area contributed by atoms with Crippen molar-refractivity contribution in [2.24, 2.45) is 11.8 Å². The van der Waals surface area contributed by atoms with Gasteiger partial charge >= 0.3 is 5.97 Å². The van der Waals surface area contributed by atoms with Crippen molar-refractivity contribution in [1.29, 1.82) is 0 Å². The Balaban J connectivity index is 1.80. The molecule has 3 heterocycles. The predicted molar refractivity (Wildman–Crippen MR) is 153 cm³/mol. The first-order chi connectivity index (χ1) is 18.4. The summed E-state index contributed by atoms with van der Waals surface area (Å²) in [7, 11) is 0. The van der Waals surface area contributed by atoms with Crippen LogP contribution in [0.2, 0.25) is 0 Å². The number of ether oxygens (including phenoxy) is 1. The highest BCUT2D eigenvalue weighted by Crippen LogP contribution is 2.68. The van der Waals surface area contributed by atoms with Crippen LogP contribution in [-0.2, 0) is 19.1 Å². The standard InChI is InChI=1S/C29H37BrN2O5S/c1-4-7-15-31(14-6-3)27(35)25-29-17-20(30)24(38-29)22(28(36)37-16-8-5-2)23(29)26(34)32(25)21(18-33)19-12-10-9-11-13-19/h5-6,9-13,20-25,33H,2-4,7-8,14-18H2,1H3/t20?,21-,22+,23+,24+,25?,29?/m1/s1. The van der Waals surface area contributed by atoms with E-state index in [2.05, 4.69) is 36.0 Å². The molecular weight excluding hydrogens is 568 g/mol. The Kier molecular flexibility index (Phi) is 9.42. The van der Waals surface area contributed by atoms with Crippen LogP contribution in [-0.4, -0.2) is 79.9 Å². The molecule has 0 aliphatic carbocycles. The lowest BCUT2D eigenvalue weighted by Crippen LogP contribution is -2.56. The van der Waals surface area contributed by atoms with Crippen LogP contribution < -0.4 is 0 Å². The SMILES string of the molecule is C=CCCOC(=O)[C@H]1[C@H]2C(=O)N([C@H](CO)c3ccccc3)C(C(=O)N(CC=C)CCCC)C23CC(Br)[C@@H]1S3. The Hall–Kier alpha value is -2.10. The number of thioether (sulfide) groups is 1. The monoisotopic (exact) mass is 604 g/mol. The number of aliphatic hydroxyl groups is 1. The largest absolute Gasteiger partial charge is 0.465 e. The molecule has 3 aliphatic heterocycles. The maximum absolute atomic E-state index is 14.4. The van der Waals surface area contributed by atoms with Crippen LogP contribution in [0.4, 0.5) is 0 Å². The first kappa shape index (κ1) is 28.9. The van der Waals surface area contributed by atoms with E-state index in [0.717, 1.165) is 18.4 Å². The molecule has 3 fully saturated rings. The summed E-state index contributed by atoms with van der Waals surface area (Å²) in [4.78, 5) is 45.5. The fraction of sp³-hybridized carbons (Fsp3) is 0.552. The molecule has 38 heavy (non-hydrogen) atoms. The number of hydrogen-bond donors (Lipinski definition) is 1. The van der Waals surface area contributed by atoms with Gasteiger partial charge in [0.05, 0.1) is 35.8 Å². The molecule has 1 spiro atoms. The van der Waals surface area contributed by atoms with E-state index in [1.807, 2.05) is 30.3 Å². The summed E-state index contributed by atoms with van der Waals surface area (Å²) in [5.41, 5.74) is 0.751. The molecule has 1 aromatic rings. The number of nitrogens with zero attached hydrogens (tertiary/aromatic N) is 2. The zero-order valence-corrected chi connectivity index (χ0v) is 24.2. The minimum absolute atomic E-state index is 0.0449. The molecule has 7 atom stereocenters. The number of fused-ring (bicyclic) bond motifs is 1. The van der Waals surface area contributed by atoms with E-state index in [1.54, 1.807) is 33.7 Å². The van der Waals surface area contributed by atoms with Gasteiger partial charge in [0.25, 0.3) is 0 Å². The Bertz CT molecular complexity index is 1050. The van der Waals surface area contributed by atoms with Crippen molar-refractivity contribution in [3.8, 4) is 0 Å². The highest BCUT2D eigenvalue weighted by Gasteiger charge is 2.76. The normalized spacial score (nSPS) is 30.1.